The quantitative estimate of drug-likeness (QED) is 0.111. The van der Waals surface area contributed by atoms with E-state index in [0.29, 0.717) is 32.9 Å². The summed E-state index contributed by atoms with van der Waals surface area (Å²) in [6.45, 7) is 0. The molecule has 2 heterocycles. The van der Waals surface area contributed by atoms with Crippen molar-refractivity contribution in [2.45, 2.75) is 24.2 Å². The fraction of sp³-hybridized carbons (Fsp3) is 0.205. The van der Waals surface area contributed by atoms with E-state index in [2.05, 4.69) is 5.43 Å². The average molecular weight is 803 g/mol. The normalized spacial score (nSPS) is 25.2. The van der Waals surface area contributed by atoms with Gasteiger partial charge in [0.25, 0.3) is 11.8 Å². The number of ether oxygens (including phenoxy) is 1. The third kappa shape index (κ3) is 5.36. The summed E-state index contributed by atoms with van der Waals surface area (Å²) in [4.78, 5) is 72.6. The van der Waals surface area contributed by atoms with Gasteiger partial charge in [-0.05, 0) is 89.7 Å². The molecule has 286 valence electrons. The smallest absolute Gasteiger partial charge is 0.335 e. The minimum Gasteiger partial charge on any atom is -0.508 e. The molecule has 4 amide bonds. The molecule has 2 saturated heterocycles. The van der Waals surface area contributed by atoms with Gasteiger partial charge in [0.05, 0.1) is 52.2 Å². The molecule has 13 heteroatoms. The van der Waals surface area contributed by atoms with Crippen LogP contribution in [0.3, 0.4) is 0 Å². The van der Waals surface area contributed by atoms with E-state index in [1.54, 1.807) is 48.5 Å². The summed E-state index contributed by atoms with van der Waals surface area (Å²) < 4.78 is 5.49. The molecular formula is C44H33Cl2N3O8. The second-order valence-electron chi connectivity index (χ2n) is 14.8. The van der Waals surface area contributed by atoms with Crippen LogP contribution in [0.5, 0.6) is 11.5 Å². The van der Waals surface area contributed by atoms with E-state index in [0.717, 1.165) is 15.3 Å². The molecular weight excluding hydrogens is 769 g/mol. The highest BCUT2D eigenvalue weighted by Gasteiger charge is 2.71. The summed E-state index contributed by atoms with van der Waals surface area (Å²) in [5.74, 6) is -7.62. The predicted octanol–water partition coefficient (Wildman–Crippen LogP) is 7.75. The van der Waals surface area contributed by atoms with Crippen LogP contribution in [0.2, 0.25) is 10.0 Å². The number of amides is 4. The van der Waals surface area contributed by atoms with Gasteiger partial charge >= 0.3 is 5.97 Å². The summed E-state index contributed by atoms with van der Waals surface area (Å²) in [6.07, 6.45) is 2.03. The van der Waals surface area contributed by atoms with Crippen LogP contribution in [0.25, 0.3) is 10.8 Å². The molecule has 6 atom stereocenters. The molecule has 11 nitrogen and oxygen atoms in total. The number of fused-ring (bicyclic) bond motifs is 5. The molecule has 5 aromatic rings. The molecule has 57 heavy (non-hydrogen) atoms. The number of carbonyl (C=O) groups excluding carboxylic acids is 4. The van der Waals surface area contributed by atoms with Crippen LogP contribution in [0.4, 0.5) is 11.4 Å². The zero-order chi connectivity index (χ0) is 39.9. The van der Waals surface area contributed by atoms with Gasteiger partial charge in [-0.25, -0.2) is 4.79 Å². The van der Waals surface area contributed by atoms with E-state index in [4.69, 9.17) is 27.9 Å². The number of aromatic hydroxyl groups is 1. The zero-order valence-corrected chi connectivity index (χ0v) is 31.7. The topological polar surface area (TPSA) is 154 Å². The third-order valence-electron chi connectivity index (χ3n) is 12.2. The molecule has 4 aliphatic rings. The van der Waals surface area contributed by atoms with Crippen molar-refractivity contribution in [2.75, 3.05) is 17.4 Å². The standard InChI is InChI=1S/C44H33Cl2N3O8/c1-57-27-13-10-24(11-14-27)44-32(40(52)49(43(44)56)47-34-17-12-25(45)20-33(34)46)21-31-29(38(44)37-28-8-3-2-5-22(28)9-18-35(37)50)15-16-30-36(31)41(53)48(39(30)51)26-7-4-6-23(19-26)42(54)55/h2-15,17-20,30-32,36,38,47,50H,16,21H2,1H3,(H,54,55). The van der Waals surface area contributed by atoms with Gasteiger partial charge in [0.15, 0.2) is 0 Å². The Labute approximate surface area is 336 Å². The maximum Gasteiger partial charge on any atom is 0.335 e. The Bertz CT molecular complexity index is 2610. The minimum atomic E-state index is -1.69. The van der Waals surface area contributed by atoms with Crippen molar-refractivity contribution in [1.29, 1.82) is 0 Å². The lowest BCUT2D eigenvalue weighted by Gasteiger charge is -2.51. The van der Waals surface area contributed by atoms with Gasteiger partial charge in [0.2, 0.25) is 11.8 Å². The second kappa shape index (κ2) is 13.5. The number of rotatable bonds is 7. The lowest BCUT2D eigenvalue weighted by Crippen LogP contribution is -2.53. The Morgan fingerprint density at radius 3 is 2.37 bits per heavy atom. The number of phenols is 1. The van der Waals surface area contributed by atoms with E-state index in [1.165, 1.54) is 37.4 Å². The molecule has 5 aromatic carbocycles. The molecule has 2 aliphatic heterocycles. The maximum absolute atomic E-state index is 15.6. The molecule has 3 fully saturated rings. The summed E-state index contributed by atoms with van der Waals surface area (Å²) in [7, 11) is 1.52. The monoisotopic (exact) mass is 801 g/mol. The Morgan fingerprint density at radius 2 is 1.63 bits per heavy atom. The summed E-state index contributed by atoms with van der Waals surface area (Å²) in [5.41, 5.74) is 3.12. The SMILES string of the molecule is COc1ccc(C23C(=O)N(Nc4ccc(Cl)cc4Cl)C(=O)C2CC2C(=CCC4C(=O)N(c5cccc(C(=O)O)c5)C(=O)C42)C3c2c(O)ccc3ccccc23)cc1. The molecule has 2 aliphatic carbocycles. The number of anilines is 2. The highest BCUT2D eigenvalue weighted by Crippen LogP contribution is 2.65. The predicted molar refractivity (Wildman–Crippen MR) is 212 cm³/mol. The van der Waals surface area contributed by atoms with Crippen molar-refractivity contribution in [3.05, 3.63) is 142 Å². The number of allylic oxidation sites excluding steroid dienone is 2. The van der Waals surface area contributed by atoms with Crippen molar-refractivity contribution >= 4 is 74.9 Å². The van der Waals surface area contributed by atoms with Gasteiger partial charge in [0.1, 0.15) is 11.5 Å². The van der Waals surface area contributed by atoms with Gasteiger partial charge < -0.3 is 14.9 Å². The molecule has 0 bridgehead atoms. The van der Waals surface area contributed by atoms with Gasteiger partial charge in [-0.3, -0.25) is 29.5 Å². The Morgan fingerprint density at radius 1 is 0.860 bits per heavy atom. The van der Waals surface area contributed by atoms with E-state index in [-0.39, 0.29) is 40.6 Å². The van der Waals surface area contributed by atoms with Crippen LogP contribution in [-0.2, 0) is 24.6 Å². The minimum absolute atomic E-state index is 0.000185. The van der Waals surface area contributed by atoms with Gasteiger partial charge in [-0.15, -0.1) is 0 Å². The number of aromatic carboxylic acids is 1. The number of benzene rings is 5. The van der Waals surface area contributed by atoms with E-state index < -0.39 is 64.6 Å². The van der Waals surface area contributed by atoms with Crippen LogP contribution >= 0.6 is 23.2 Å². The number of hydrogen-bond acceptors (Lipinski definition) is 8. The summed E-state index contributed by atoms with van der Waals surface area (Å²) in [5, 5.41) is 24.6. The van der Waals surface area contributed by atoms with Crippen LogP contribution in [0.1, 0.15) is 40.2 Å². The van der Waals surface area contributed by atoms with Crippen molar-refractivity contribution in [3.8, 4) is 11.5 Å². The molecule has 0 radical (unpaired) electrons. The first kappa shape index (κ1) is 36.5. The average Bonchev–Trinajstić information content (AvgIpc) is 3.59. The van der Waals surface area contributed by atoms with Gasteiger partial charge in [0, 0.05) is 16.5 Å². The lowest BCUT2D eigenvalue weighted by molar-refractivity contribution is -0.138. The number of imide groups is 2. The molecule has 1 saturated carbocycles. The number of carboxylic acid groups (broad SMARTS) is 1. The fourth-order valence-electron chi connectivity index (χ4n) is 9.78. The molecule has 0 aromatic heterocycles. The fourth-order valence-corrected chi connectivity index (χ4v) is 10.2. The highest BCUT2D eigenvalue weighted by atomic mass is 35.5. The first-order valence-corrected chi connectivity index (χ1v) is 19.1. The van der Waals surface area contributed by atoms with Crippen LogP contribution in [0, 0.1) is 23.7 Å². The maximum atomic E-state index is 15.6. The van der Waals surface area contributed by atoms with Crippen molar-refractivity contribution in [1.82, 2.24) is 5.01 Å². The number of carbonyl (C=O) groups is 5. The Kier molecular flexibility index (Phi) is 8.63. The molecule has 6 unspecified atom stereocenters. The number of phenolic OH excluding ortho intramolecular Hbond substituents is 1. The number of methoxy groups -OCH3 is 1. The third-order valence-corrected chi connectivity index (χ3v) is 12.7. The highest BCUT2D eigenvalue weighted by molar-refractivity contribution is 6.36. The number of hydrazine groups is 1. The molecule has 9 rings (SSSR count). The Balaban J connectivity index is 1.28. The molecule has 0 spiro atoms. The molecule has 3 N–H and O–H groups in total. The van der Waals surface area contributed by atoms with Crippen molar-refractivity contribution in [2.24, 2.45) is 23.7 Å². The first-order valence-electron chi connectivity index (χ1n) is 18.3. The van der Waals surface area contributed by atoms with E-state index >= 15 is 9.59 Å². The number of carboxylic acids is 1. The van der Waals surface area contributed by atoms with Gasteiger partial charge in [-0.1, -0.05) is 83.4 Å². The summed E-state index contributed by atoms with van der Waals surface area (Å²) in [6, 6.07) is 28.0. The van der Waals surface area contributed by atoms with E-state index in [9.17, 15) is 24.6 Å². The zero-order valence-electron chi connectivity index (χ0n) is 30.2. The van der Waals surface area contributed by atoms with Crippen LogP contribution < -0.4 is 15.1 Å². The number of halogens is 2. The van der Waals surface area contributed by atoms with Gasteiger partial charge in [-0.2, -0.15) is 5.01 Å². The van der Waals surface area contributed by atoms with E-state index in [1.807, 2.05) is 30.3 Å². The number of hydrogen-bond donors (Lipinski definition) is 3. The Hall–Kier alpha value is -6.17. The lowest BCUT2D eigenvalue weighted by atomic mass is 9.48. The van der Waals surface area contributed by atoms with Crippen molar-refractivity contribution in [3.63, 3.8) is 0 Å². The number of nitrogens with zero attached hydrogens (tertiary/aromatic N) is 2. The van der Waals surface area contributed by atoms with Crippen molar-refractivity contribution < 1.29 is 38.9 Å². The van der Waals surface area contributed by atoms with Crippen LogP contribution in [-0.4, -0.2) is 51.9 Å². The summed E-state index contributed by atoms with van der Waals surface area (Å²) >= 11 is 12.8. The number of nitrogens with one attached hydrogen (secondary N) is 1. The second-order valence-corrected chi connectivity index (χ2v) is 15.6. The largest absolute Gasteiger partial charge is 0.508 e. The van der Waals surface area contributed by atoms with Crippen LogP contribution in [0.15, 0.2) is 115 Å². The first-order chi connectivity index (χ1) is 27.4.